The minimum absolute atomic E-state index is 0.0779. The summed E-state index contributed by atoms with van der Waals surface area (Å²) in [6.45, 7) is 4.89. The molecular weight excluding hydrogens is 390 g/mol. The number of hydrogen-bond donors (Lipinski definition) is 0. The third-order valence-corrected chi connectivity index (χ3v) is 5.95. The zero-order chi connectivity index (χ0) is 20.4. The summed E-state index contributed by atoms with van der Waals surface area (Å²) >= 11 is 6.28. The van der Waals surface area contributed by atoms with Gasteiger partial charge in [0.25, 0.3) is 0 Å². The molecule has 1 fully saturated rings. The highest BCUT2D eigenvalue weighted by Crippen LogP contribution is 2.34. The third kappa shape index (κ3) is 4.35. The lowest BCUT2D eigenvalue weighted by atomic mass is 10.1. The Bertz CT molecular complexity index is 970. The largest absolute Gasteiger partial charge is 0.278 e. The van der Waals surface area contributed by atoms with Crippen molar-refractivity contribution in [2.45, 2.75) is 26.2 Å². The zero-order valence-corrected chi connectivity index (χ0v) is 17.0. The van der Waals surface area contributed by atoms with E-state index in [4.69, 9.17) is 11.6 Å². The number of rotatable bonds is 5. The molecule has 1 heterocycles. The van der Waals surface area contributed by atoms with Crippen molar-refractivity contribution in [3.05, 3.63) is 106 Å². The summed E-state index contributed by atoms with van der Waals surface area (Å²) in [4.78, 5) is 4.56. The summed E-state index contributed by atoms with van der Waals surface area (Å²) < 4.78 is 27.9. The highest BCUT2D eigenvalue weighted by atomic mass is 35.5. The Balaban J connectivity index is 1.66. The van der Waals surface area contributed by atoms with Crippen molar-refractivity contribution >= 4 is 11.6 Å². The maximum Gasteiger partial charge on any atom is 0.129 e. The molecule has 0 amide bonds. The van der Waals surface area contributed by atoms with Crippen LogP contribution in [0.4, 0.5) is 8.78 Å². The first kappa shape index (κ1) is 20.0. The van der Waals surface area contributed by atoms with Gasteiger partial charge in [-0.3, -0.25) is 9.80 Å². The van der Waals surface area contributed by atoms with Gasteiger partial charge in [0.2, 0.25) is 0 Å². The van der Waals surface area contributed by atoms with E-state index in [-0.39, 0.29) is 17.8 Å². The molecule has 0 N–H and O–H groups in total. The van der Waals surface area contributed by atoms with Crippen LogP contribution in [0, 0.1) is 18.6 Å². The molecule has 150 valence electrons. The standard InChI is InChI=1S/C24H23ClF2N2/c1-17-5-2-3-6-19(17)15-28-13-14-29(16-21-22(25)7-4-8-23(21)27)24(28)18-9-11-20(26)12-10-18/h2-12,24H,13-16H2,1H3. The monoisotopic (exact) mass is 412 g/mol. The van der Waals surface area contributed by atoms with Crippen LogP contribution in [-0.4, -0.2) is 22.9 Å². The number of hydrogen-bond acceptors (Lipinski definition) is 2. The highest BCUT2D eigenvalue weighted by Gasteiger charge is 2.34. The lowest BCUT2D eigenvalue weighted by Gasteiger charge is -2.31. The van der Waals surface area contributed by atoms with E-state index in [0.29, 0.717) is 17.1 Å². The Hall–Kier alpha value is -2.27. The number of nitrogens with zero attached hydrogens (tertiary/aromatic N) is 2. The van der Waals surface area contributed by atoms with Gasteiger partial charge in [0.1, 0.15) is 11.6 Å². The molecule has 0 aliphatic carbocycles. The van der Waals surface area contributed by atoms with Crippen LogP contribution in [0.25, 0.3) is 0 Å². The van der Waals surface area contributed by atoms with E-state index in [0.717, 1.165) is 25.2 Å². The van der Waals surface area contributed by atoms with Crippen LogP contribution >= 0.6 is 11.6 Å². The summed E-state index contributed by atoms with van der Waals surface area (Å²) in [7, 11) is 0. The van der Waals surface area contributed by atoms with Crippen LogP contribution in [0.3, 0.4) is 0 Å². The average Bonchev–Trinajstić information content (AvgIpc) is 3.09. The minimum atomic E-state index is -0.298. The smallest absolute Gasteiger partial charge is 0.129 e. The first-order valence-electron chi connectivity index (χ1n) is 9.74. The molecule has 0 spiro atoms. The van der Waals surface area contributed by atoms with Gasteiger partial charge in [-0.1, -0.05) is 54.1 Å². The Morgan fingerprint density at radius 3 is 2.24 bits per heavy atom. The first-order chi connectivity index (χ1) is 14.0. The summed E-state index contributed by atoms with van der Waals surface area (Å²) in [5.41, 5.74) is 3.98. The van der Waals surface area contributed by atoms with E-state index >= 15 is 0 Å². The second-order valence-corrected chi connectivity index (χ2v) is 7.90. The Labute approximate surface area is 175 Å². The predicted octanol–water partition coefficient (Wildman–Crippen LogP) is 5.94. The van der Waals surface area contributed by atoms with E-state index in [9.17, 15) is 8.78 Å². The fourth-order valence-corrected chi connectivity index (χ4v) is 4.24. The molecule has 1 aliphatic heterocycles. The molecular formula is C24H23ClF2N2. The van der Waals surface area contributed by atoms with E-state index in [1.54, 1.807) is 12.1 Å². The normalized spacial score (nSPS) is 17.7. The molecule has 0 radical (unpaired) electrons. The SMILES string of the molecule is Cc1ccccc1CN1CCN(Cc2c(F)cccc2Cl)C1c1ccc(F)cc1. The maximum atomic E-state index is 14.4. The van der Waals surface area contributed by atoms with Gasteiger partial charge in [-0.25, -0.2) is 8.78 Å². The number of aryl methyl sites for hydroxylation is 1. The molecule has 3 aromatic rings. The molecule has 0 bridgehead atoms. The fraction of sp³-hybridized carbons (Fsp3) is 0.250. The molecule has 1 atom stereocenters. The maximum absolute atomic E-state index is 14.4. The molecule has 1 unspecified atom stereocenters. The average molecular weight is 413 g/mol. The van der Waals surface area contributed by atoms with Crippen LogP contribution < -0.4 is 0 Å². The van der Waals surface area contributed by atoms with Crippen molar-refractivity contribution in [2.24, 2.45) is 0 Å². The van der Waals surface area contributed by atoms with Crippen molar-refractivity contribution in [3.8, 4) is 0 Å². The summed E-state index contributed by atoms with van der Waals surface area (Å²) in [6, 6.07) is 19.7. The minimum Gasteiger partial charge on any atom is -0.278 e. The Morgan fingerprint density at radius 1 is 0.862 bits per heavy atom. The number of halogens is 3. The van der Waals surface area contributed by atoms with Gasteiger partial charge in [-0.05, 0) is 47.9 Å². The van der Waals surface area contributed by atoms with Crippen molar-refractivity contribution in [1.29, 1.82) is 0 Å². The predicted molar refractivity (Wildman–Crippen MR) is 113 cm³/mol. The van der Waals surface area contributed by atoms with Gasteiger partial charge >= 0.3 is 0 Å². The third-order valence-electron chi connectivity index (χ3n) is 5.59. The number of benzene rings is 3. The second kappa shape index (κ2) is 8.62. The van der Waals surface area contributed by atoms with E-state index in [1.165, 1.54) is 29.3 Å². The Morgan fingerprint density at radius 2 is 1.55 bits per heavy atom. The molecule has 2 nitrogen and oxygen atoms in total. The summed E-state index contributed by atoms with van der Waals surface area (Å²) in [5.74, 6) is -0.561. The quantitative estimate of drug-likeness (QED) is 0.511. The van der Waals surface area contributed by atoms with Crippen molar-refractivity contribution in [2.75, 3.05) is 13.1 Å². The summed E-state index contributed by atoms with van der Waals surface area (Å²) in [5, 5.41) is 0.431. The van der Waals surface area contributed by atoms with Crippen LogP contribution in [0.15, 0.2) is 66.7 Å². The molecule has 3 aromatic carbocycles. The van der Waals surface area contributed by atoms with Gasteiger partial charge in [-0.15, -0.1) is 0 Å². The van der Waals surface area contributed by atoms with Crippen LogP contribution in [0.2, 0.25) is 5.02 Å². The van der Waals surface area contributed by atoms with Gasteiger partial charge in [0.05, 0.1) is 6.17 Å². The van der Waals surface area contributed by atoms with Gasteiger partial charge in [0, 0.05) is 36.8 Å². The summed E-state index contributed by atoms with van der Waals surface area (Å²) in [6.07, 6.45) is -0.0779. The fourth-order valence-electron chi connectivity index (χ4n) is 4.01. The molecule has 4 rings (SSSR count). The van der Waals surface area contributed by atoms with Gasteiger partial charge in [0.15, 0.2) is 0 Å². The second-order valence-electron chi connectivity index (χ2n) is 7.49. The lowest BCUT2D eigenvalue weighted by molar-refractivity contribution is 0.124. The van der Waals surface area contributed by atoms with E-state index in [2.05, 4.69) is 28.9 Å². The molecule has 0 saturated carbocycles. The van der Waals surface area contributed by atoms with Crippen molar-refractivity contribution in [1.82, 2.24) is 9.80 Å². The first-order valence-corrected chi connectivity index (χ1v) is 10.1. The topological polar surface area (TPSA) is 6.48 Å². The highest BCUT2D eigenvalue weighted by molar-refractivity contribution is 6.31. The Kier molecular flexibility index (Phi) is 5.95. The van der Waals surface area contributed by atoms with Crippen LogP contribution in [0.1, 0.15) is 28.4 Å². The van der Waals surface area contributed by atoms with Gasteiger partial charge < -0.3 is 0 Å². The molecule has 1 aliphatic rings. The van der Waals surface area contributed by atoms with E-state index in [1.807, 2.05) is 24.3 Å². The lowest BCUT2D eigenvalue weighted by Crippen LogP contribution is -2.31. The molecule has 1 saturated heterocycles. The van der Waals surface area contributed by atoms with Crippen molar-refractivity contribution < 1.29 is 8.78 Å². The van der Waals surface area contributed by atoms with Crippen LogP contribution in [0.5, 0.6) is 0 Å². The van der Waals surface area contributed by atoms with E-state index < -0.39 is 0 Å². The van der Waals surface area contributed by atoms with Crippen molar-refractivity contribution in [3.63, 3.8) is 0 Å². The van der Waals surface area contributed by atoms with Gasteiger partial charge in [-0.2, -0.15) is 0 Å². The molecule has 29 heavy (non-hydrogen) atoms. The zero-order valence-electron chi connectivity index (χ0n) is 16.3. The van der Waals surface area contributed by atoms with Crippen LogP contribution in [-0.2, 0) is 13.1 Å². The molecule has 0 aromatic heterocycles. The molecule has 5 heteroatoms.